The van der Waals surface area contributed by atoms with Gasteiger partial charge in [0, 0.05) is 11.9 Å². The summed E-state index contributed by atoms with van der Waals surface area (Å²) >= 11 is 5.75. The van der Waals surface area contributed by atoms with Crippen LogP contribution in [0, 0.1) is 5.92 Å². The molecule has 1 fully saturated rings. The highest BCUT2D eigenvalue weighted by Crippen LogP contribution is 2.27. The molecule has 2 heteroatoms. The predicted octanol–water partition coefficient (Wildman–Crippen LogP) is 2.78. The molecule has 1 unspecified atom stereocenters. The van der Waals surface area contributed by atoms with Crippen LogP contribution in [-0.2, 0) is 0 Å². The lowest BCUT2D eigenvalue weighted by Gasteiger charge is -2.29. The van der Waals surface area contributed by atoms with Crippen LogP contribution in [0.5, 0.6) is 0 Å². The summed E-state index contributed by atoms with van der Waals surface area (Å²) in [5.74, 6) is 1.68. The van der Waals surface area contributed by atoms with Gasteiger partial charge >= 0.3 is 0 Å². The summed E-state index contributed by atoms with van der Waals surface area (Å²) in [4.78, 5) is 0. The molecule has 1 N–H and O–H groups in total. The lowest BCUT2D eigenvalue weighted by molar-refractivity contribution is 0.274. The van der Waals surface area contributed by atoms with Crippen molar-refractivity contribution in [1.82, 2.24) is 5.32 Å². The van der Waals surface area contributed by atoms with E-state index >= 15 is 0 Å². The fourth-order valence-electron chi connectivity index (χ4n) is 2.27. The van der Waals surface area contributed by atoms with Gasteiger partial charge in [-0.3, -0.25) is 0 Å². The fraction of sp³-hybridized carbons (Fsp3) is 1.00. The number of nitrogens with one attached hydrogen (secondary N) is 1. The zero-order valence-corrected chi connectivity index (χ0v) is 8.74. The largest absolute Gasteiger partial charge is 0.317 e. The second kappa shape index (κ2) is 5.82. The van der Waals surface area contributed by atoms with Gasteiger partial charge in [-0.1, -0.05) is 19.3 Å². The minimum absolute atomic E-state index is 0.669. The van der Waals surface area contributed by atoms with Crippen molar-refractivity contribution in [3.05, 3.63) is 0 Å². The molecule has 0 amide bonds. The van der Waals surface area contributed by atoms with Gasteiger partial charge in [-0.15, -0.1) is 11.6 Å². The SMILES string of the molecule is CNC(CCCl)C1CCCCC1. The third-order valence-corrected chi connectivity index (χ3v) is 3.23. The first kappa shape index (κ1) is 10.3. The van der Waals surface area contributed by atoms with Crippen molar-refractivity contribution < 1.29 is 0 Å². The van der Waals surface area contributed by atoms with Gasteiger partial charge < -0.3 is 5.32 Å². The number of alkyl halides is 1. The van der Waals surface area contributed by atoms with Crippen molar-refractivity contribution in [3.63, 3.8) is 0 Å². The Kier molecular flexibility index (Phi) is 5.01. The minimum Gasteiger partial charge on any atom is -0.317 e. The molecule has 1 saturated carbocycles. The molecule has 0 heterocycles. The summed E-state index contributed by atoms with van der Waals surface area (Å²) in [5, 5.41) is 3.39. The summed E-state index contributed by atoms with van der Waals surface area (Å²) in [6.07, 6.45) is 8.22. The molecule has 1 aliphatic rings. The number of hydrogen-bond donors (Lipinski definition) is 1. The van der Waals surface area contributed by atoms with E-state index in [0.717, 1.165) is 18.2 Å². The second-order valence-electron chi connectivity index (χ2n) is 3.77. The molecule has 0 saturated heterocycles. The Morgan fingerprint density at radius 3 is 2.50 bits per heavy atom. The molecule has 1 aliphatic carbocycles. The molecule has 12 heavy (non-hydrogen) atoms. The van der Waals surface area contributed by atoms with E-state index in [4.69, 9.17) is 11.6 Å². The van der Waals surface area contributed by atoms with E-state index in [1.54, 1.807) is 0 Å². The molecule has 0 radical (unpaired) electrons. The molecule has 72 valence electrons. The lowest BCUT2D eigenvalue weighted by atomic mass is 9.83. The number of hydrogen-bond acceptors (Lipinski definition) is 1. The molecule has 0 aliphatic heterocycles. The lowest BCUT2D eigenvalue weighted by Crippen LogP contribution is -2.35. The maximum absolute atomic E-state index is 5.75. The zero-order chi connectivity index (χ0) is 8.81. The van der Waals surface area contributed by atoms with Gasteiger partial charge in [0.2, 0.25) is 0 Å². The van der Waals surface area contributed by atoms with Crippen LogP contribution in [-0.4, -0.2) is 19.0 Å². The molecule has 1 atom stereocenters. The monoisotopic (exact) mass is 189 g/mol. The van der Waals surface area contributed by atoms with Crippen LogP contribution in [0.15, 0.2) is 0 Å². The predicted molar refractivity (Wildman–Crippen MR) is 54.8 cm³/mol. The van der Waals surface area contributed by atoms with Crippen LogP contribution in [0.1, 0.15) is 38.5 Å². The normalized spacial score (nSPS) is 22.5. The Hall–Kier alpha value is 0.250. The van der Waals surface area contributed by atoms with Crippen molar-refractivity contribution in [2.45, 2.75) is 44.6 Å². The van der Waals surface area contributed by atoms with Gasteiger partial charge in [0.05, 0.1) is 0 Å². The Bertz CT molecular complexity index is 108. The van der Waals surface area contributed by atoms with E-state index in [0.29, 0.717) is 6.04 Å². The zero-order valence-electron chi connectivity index (χ0n) is 7.98. The standard InChI is InChI=1S/C10H20ClN/c1-12-10(7-8-11)9-5-3-2-4-6-9/h9-10,12H,2-8H2,1H3. The highest BCUT2D eigenvalue weighted by molar-refractivity contribution is 6.17. The maximum Gasteiger partial charge on any atom is 0.0238 e. The van der Waals surface area contributed by atoms with Gasteiger partial charge in [0.15, 0.2) is 0 Å². The Balaban J connectivity index is 2.29. The van der Waals surface area contributed by atoms with Crippen molar-refractivity contribution >= 4 is 11.6 Å². The molecule has 0 aromatic heterocycles. The van der Waals surface area contributed by atoms with E-state index < -0.39 is 0 Å². The van der Waals surface area contributed by atoms with Crippen LogP contribution in [0.4, 0.5) is 0 Å². The first-order valence-electron chi connectivity index (χ1n) is 5.11. The van der Waals surface area contributed by atoms with Gasteiger partial charge in [0.1, 0.15) is 0 Å². The minimum atomic E-state index is 0.669. The molecular formula is C10H20ClN. The van der Waals surface area contributed by atoms with Gasteiger partial charge in [-0.2, -0.15) is 0 Å². The van der Waals surface area contributed by atoms with Crippen molar-refractivity contribution in [2.75, 3.05) is 12.9 Å². The van der Waals surface area contributed by atoms with E-state index in [2.05, 4.69) is 12.4 Å². The van der Waals surface area contributed by atoms with E-state index in [9.17, 15) is 0 Å². The van der Waals surface area contributed by atoms with E-state index in [1.807, 2.05) is 0 Å². The van der Waals surface area contributed by atoms with Crippen LogP contribution >= 0.6 is 11.6 Å². The number of rotatable bonds is 4. The third kappa shape index (κ3) is 2.95. The molecule has 0 aromatic rings. The van der Waals surface area contributed by atoms with Crippen LogP contribution < -0.4 is 5.32 Å². The topological polar surface area (TPSA) is 12.0 Å². The van der Waals surface area contributed by atoms with Gasteiger partial charge in [0.25, 0.3) is 0 Å². The van der Waals surface area contributed by atoms with Crippen molar-refractivity contribution in [1.29, 1.82) is 0 Å². The Morgan fingerprint density at radius 2 is 2.00 bits per heavy atom. The average Bonchev–Trinajstić information content (AvgIpc) is 2.15. The second-order valence-corrected chi connectivity index (χ2v) is 4.15. The Morgan fingerprint density at radius 1 is 1.33 bits per heavy atom. The van der Waals surface area contributed by atoms with E-state index in [-0.39, 0.29) is 0 Å². The molecular weight excluding hydrogens is 170 g/mol. The van der Waals surface area contributed by atoms with Crippen LogP contribution in [0.25, 0.3) is 0 Å². The van der Waals surface area contributed by atoms with Gasteiger partial charge in [-0.25, -0.2) is 0 Å². The van der Waals surface area contributed by atoms with Crippen LogP contribution in [0.2, 0.25) is 0 Å². The first-order chi connectivity index (χ1) is 5.88. The third-order valence-electron chi connectivity index (χ3n) is 3.01. The summed E-state index contributed by atoms with van der Waals surface area (Å²) in [6.45, 7) is 0. The number of halogens is 1. The average molecular weight is 190 g/mol. The fourth-order valence-corrected chi connectivity index (χ4v) is 2.50. The summed E-state index contributed by atoms with van der Waals surface area (Å²) in [7, 11) is 2.06. The molecule has 0 bridgehead atoms. The van der Waals surface area contributed by atoms with Crippen molar-refractivity contribution in [3.8, 4) is 0 Å². The molecule has 0 spiro atoms. The van der Waals surface area contributed by atoms with Crippen molar-refractivity contribution in [2.24, 2.45) is 5.92 Å². The summed E-state index contributed by atoms with van der Waals surface area (Å²) in [6, 6.07) is 0.669. The molecule has 1 rings (SSSR count). The Labute approximate surface area is 80.9 Å². The van der Waals surface area contributed by atoms with Crippen LogP contribution in [0.3, 0.4) is 0 Å². The first-order valence-corrected chi connectivity index (χ1v) is 5.65. The van der Waals surface area contributed by atoms with E-state index in [1.165, 1.54) is 32.1 Å². The molecule has 0 aromatic carbocycles. The van der Waals surface area contributed by atoms with Gasteiger partial charge in [-0.05, 0) is 32.2 Å². The highest BCUT2D eigenvalue weighted by Gasteiger charge is 2.21. The summed E-state index contributed by atoms with van der Waals surface area (Å²) < 4.78 is 0. The maximum atomic E-state index is 5.75. The smallest absolute Gasteiger partial charge is 0.0238 e. The summed E-state index contributed by atoms with van der Waals surface area (Å²) in [5.41, 5.74) is 0. The molecule has 1 nitrogen and oxygen atoms in total. The highest BCUT2D eigenvalue weighted by atomic mass is 35.5. The quantitative estimate of drug-likeness (QED) is 0.671.